The van der Waals surface area contributed by atoms with Gasteiger partial charge in [0.05, 0.1) is 6.10 Å². The SMILES string of the molecule is CC[C@@H](C)[C@H]1O[C@]1(C)[C@]1(O)C(C)=C[C@@H]2CC(C=O)=CC[C@H]2[C@@H]1/C=C/C=C/C=C/C(=O)O. The molecule has 3 rings (SSSR count). The molecule has 0 radical (unpaired) electrons. The molecule has 1 heterocycles. The van der Waals surface area contributed by atoms with E-state index in [9.17, 15) is 14.7 Å². The number of fused-ring (bicyclic) bond motifs is 1. The lowest BCUT2D eigenvalue weighted by Crippen LogP contribution is -2.57. The summed E-state index contributed by atoms with van der Waals surface area (Å²) in [4.78, 5) is 22.0. The molecule has 0 amide bonds. The van der Waals surface area contributed by atoms with Crippen LogP contribution >= 0.6 is 0 Å². The van der Waals surface area contributed by atoms with Gasteiger partial charge in [-0.05, 0) is 55.6 Å². The third-order valence-corrected chi connectivity index (χ3v) is 7.50. The van der Waals surface area contributed by atoms with Crippen LogP contribution in [-0.2, 0) is 14.3 Å². The first kappa shape index (κ1) is 23.4. The van der Waals surface area contributed by atoms with E-state index in [-0.39, 0.29) is 23.9 Å². The fraction of sp³-hybridized carbons (Fsp3) is 0.538. The second kappa shape index (κ2) is 9.09. The summed E-state index contributed by atoms with van der Waals surface area (Å²) >= 11 is 0. The molecule has 2 N–H and O–H groups in total. The van der Waals surface area contributed by atoms with Crippen LogP contribution in [0.4, 0.5) is 0 Å². The van der Waals surface area contributed by atoms with Crippen molar-refractivity contribution < 1.29 is 24.5 Å². The monoisotopic (exact) mass is 426 g/mol. The molecule has 2 aliphatic carbocycles. The topological polar surface area (TPSA) is 87.1 Å². The maximum atomic E-state index is 12.2. The van der Waals surface area contributed by atoms with Crippen molar-refractivity contribution in [2.75, 3.05) is 0 Å². The standard InChI is InChI=1S/C26H34O5/c1-5-17(2)24-25(4,31-24)26(30)18(3)14-20-15-19(16-27)12-13-21(20)22(26)10-8-6-7-9-11-23(28)29/h6-12,14,16-17,20-22,24,30H,5,13,15H2,1-4H3,(H,28,29)/b7-6+,10-8+,11-9+/t17-,20-,21-,22+,24-,25+,26+/m1/s1. The predicted octanol–water partition coefficient (Wildman–Crippen LogP) is 4.40. The number of aldehydes is 1. The van der Waals surface area contributed by atoms with Gasteiger partial charge in [-0.2, -0.15) is 0 Å². The summed E-state index contributed by atoms with van der Waals surface area (Å²) in [7, 11) is 0. The number of carboxylic acid groups (broad SMARTS) is 1. The number of aliphatic hydroxyl groups is 1. The molecule has 0 saturated carbocycles. The van der Waals surface area contributed by atoms with E-state index in [4.69, 9.17) is 9.84 Å². The van der Waals surface area contributed by atoms with Crippen LogP contribution < -0.4 is 0 Å². The lowest BCUT2D eigenvalue weighted by molar-refractivity contribution is -0.131. The molecule has 5 nitrogen and oxygen atoms in total. The fourth-order valence-corrected chi connectivity index (χ4v) is 5.55. The van der Waals surface area contributed by atoms with Gasteiger partial charge < -0.3 is 14.9 Å². The van der Waals surface area contributed by atoms with Crippen molar-refractivity contribution in [3.63, 3.8) is 0 Å². The Morgan fingerprint density at radius 2 is 2.03 bits per heavy atom. The van der Waals surface area contributed by atoms with E-state index in [0.717, 1.165) is 36.4 Å². The minimum Gasteiger partial charge on any atom is -0.478 e. The van der Waals surface area contributed by atoms with Gasteiger partial charge in [-0.15, -0.1) is 0 Å². The number of epoxide rings is 1. The Kier molecular flexibility index (Phi) is 6.87. The van der Waals surface area contributed by atoms with Crippen LogP contribution in [0.3, 0.4) is 0 Å². The van der Waals surface area contributed by atoms with Crippen LogP contribution in [-0.4, -0.2) is 39.8 Å². The van der Waals surface area contributed by atoms with Crippen molar-refractivity contribution >= 4 is 12.3 Å². The molecule has 0 spiro atoms. The van der Waals surface area contributed by atoms with E-state index in [0.29, 0.717) is 12.3 Å². The van der Waals surface area contributed by atoms with Gasteiger partial charge in [-0.1, -0.05) is 62.8 Å². The van der Waals surface area contributed by atoms with Crippen LogP contribution in [0.5, 0.6) is 0 Å². The lowest BCUT2D eigenvalue weighted by atomic mass is 9.56. The Labute approximate surface area is 184 Å². The largest absolute Gasteiger partial charge is 0.478 e. The van der Waals surface area contributed by atoms with Gasteiger partial charge in [0, 0.05) is 12.0 Å². The first-order valence-electron chi connectivity index (χ1n) is 11.2. The summed E-state index contributed by atoms with van der Waals surface area (Å²) in [5, 5.41) is 20.9. The van der Waals surface area contributed by atoms with E-state index < -0.39 is 17.2 Å². The minimum absolute atomic E-state index is 0.00277. The van der Waals surface area contributed by atoms with Crippen LogP contribution in [0, 0.1) is 23.7 Å². The van der Waals surface area contributed by atoms with Gasteiger partial charge in [0.25, 0.3) is 0 Å². The summed E-state index contributed by atoms with van der Waals surface area (Å²) in [6.45, 7) is 8.29. The van der Waals surface area contributed by atoms with E-state index in [1.807, 2.05) is 32.1 Å². The predicted molar refractivity (Wildman–Crippen MR) is 120 cm³/mol. The van der Waals surface area contributed by atoms with Gasteiger partial charge in [-0.3, -0.25) is 4.79 Å². The molecule has 0 bridgehead atoms. The van der Waals surface area contributed by atoms with Crippen molar-refractivity contribution in [1.29, 1.82) is 0 Å². The van der Waals surface area contributed by atoms with E-state index in [1.165, 1.54) is 6.08 Å². The maximum absolute atomic E-state index is 12.2. The minimum atomic E-state index is -1.14. The Morgan fingerprint density at radius 3 is 2.68 bits per heavy atom. The number of hydrogen-bond donors (Lipinski definition) is 2. The van der Waals surface area contributed by atoms with Crippen LogP contribution in [0.2, 0.25) is 0 Å². The molecule has 5 heteroatoms. The zero-order valence-corrected chi connectivity index (χ0v) is 18.8. The van der Waals surface area contributed by atoms with Gasteiger partial charge in [0.15, 0.2) is 0 Å². The summed E-state index contributed by atoms with van der Waals surface area (Å²) in [6, 6.07) is 0. The van der Waals surface area contributed by atoms with E-state index >= 15 is 0 Å². The lowest BCUT2D eigenvalue weighted by Gasteiger charge is -2.50. The molecule has 1 fully saturated rings. The first-order valence-corrected chi connectivity index (χ1v) is 11.2. The summed E-state index contributed by atoms with van der Waals surface area (Å²) in [5.74, 6) is -0.471. The normalized spacial score (nSPS) is 38.7. The molecule has 31 heavy (non-hydrogen) atoms. The van der Waals surface area contributed by atoms with Gasteiger partial charge in [0.2, 0.25) is 0 Å². The van der Waals surface area contributed by atoms with Crippen LogP contribution in [0.15, 0.2) is 59.8 Å². The van der Waals surface area contributed by atoms with Crippen molar-refractivity contribution in [2.45, 2.75) is 64.3 Å². The first-order chi connectivity index (χ1) is 14.7. The molecule has 0 aromatic heterocycles. The molecular weight excluding hydrogens is 392 g/mol. The zero-order chi connectivity index (χ0) is 22.8. The number of carbonyl (C=O) groups excluding carboxylic acids is 1. The summed E-state index contributed by atoms with van der Waals surface area (Å²) in [5.41, 5.74) is -0.0808. The van der Waals surface area contributed by atoms with Gasteiger partial charge in [0.1, 0.15) is 17.5 Å². The molecular formula is C26H34O5. The Balaban J connectivity index is 1.96. The highest BCUT2D eigenvalue weighted by molar-refractivity contribution is 5.80. The molecule has 7 atom stereocenters. The average Bonchev–Trinajstić information content (AvgIpc) is 3.45. The molecule has 3 aliphatic rings. The molecule has 0 aromatic rings. The number of rotatable bonds is 8. The summed E-state index contributed by atoms with van der Waals surface area (Å²) < 4.78 is 6.20. The van der Waals surface area contributed by atoms with Gasteiger partial charge in [-0.25, -0.2) is 4.79 Å². The average molecular weight is 427 g/mol. The third-order valence-electron chi connectivity index (χ3n) is 7.50. The number of aliphatic carboxylic acids is 1. The molecule has 0 unspecified atom stereocenters. The van der Waals surface area contributed by atoms with Crippen LogP contribution in [0.25, 0.3) is 0 Å². The molecule has 168 valence electrons. The number of ether oxygens (including phenoxy) is 1. The fourth-order valence-electron chi connectivity index (χ4n) is 5.55. The Morgan fingerprint density at radius 1 is 1.32 bits per heavy atom. The van der Waals surface area contributed by atoms with E-state index in [2.05, 4.69) is 19.9 Å². The van der Waals surface area contributed by atoms with E-state index in [1.54, 1.807) is 12.2 Å². The number of carboxylic acids is 1. The van der Waals surface area contributed by atoms with Crippen LogP contribution in [0.1, 0.15) is 47.0 Å². The molecule has 0 aromatic carbocycles. The van der Waals surface area contributed by atoms with Crippen molar-refractivity contribution in [1.82, 2.24) is 0 Å². The summed E-state index contributed by atoms with van der Waals surface area (Å²) in [6.07, 6.45) is 17.4. The second-order valence-electron chi connectivity index (χ2n) is 9.30. The highest BCUT2D eigenvalue weighted by Gasteiger charge is 2.70. The third kappa shape index (κ3) is 4.26. The highest BCUT2D eigenvalue weighted by Crippen LogP contribution is 2.60. The second-order valence-corrected chi connectivity index (χ2v) is 9.30. The van der Waals surface area contributed by atoms with Gasteiger partial charge >= 0.3 is 5.97 Å². The Bertz CT molecular complexity index is 863. The quantitative estimate of drug-likeness (QED) is 0.197. The number of hydrogen-bond acceptors (Lipinski definition) is 4. The zero-order valence-electron chi connectivity index (χ0n) is 18.8. The molecule has 1 saturated heterocycles. The Hall–Kier alpha value is -2.24. The molecule has 1 aliphatic heterocycles. The number of carbonyl (C=O) groups is 2. The van der Waals surface area contributed by atoms with Crippen molar-refractivity contribution in [2.24, 2.45) is 23.7 Å². The smallest absolute Gasteiger partial charge is 0.328 e. The highest BCUT2D eigenvalue weighted by atomic mass is 16.6. The maximum Gasteiger partial charge on any atom is 0.328 e. The van der Waals surface area contributed by atoms with Crippen molar-refractivity contribution in [3.05, 3.63) is 59.8 Å². The van der Waals surface area contributed by atoms with Crippen molar-refractivity contribution in [3.8, 4) is 0 Å². The number of allylic oxidation sites excluding steroid dienone is 7.